The maximum atomic E-state index is 11.7. The van der Waals surface area contributed by atoms with Gasteiger partial charge in [0.25, 0.3) is 0 Å². The van der Waals surface area contributed by atoms with Crippen LogP contribution in [0.25, 0.3) is 0 Å². The summed E-state index contributed by atoms with van der Waals surface area (Å²) in [7, 11) is 0. The number of amides is 1. The minimum atomic E-state index is -0.819. The Kier molecular flexibility index (Phi) is 7.36. The number of rotatable bonds is 8. The molecule has 110 valence electrons. The van der Waals surface area contributed by atoms with Gasteiger partial charge in [-0.3, -0.25) is 9.59 Å². The summed E-state index contributed by atoms with van der Waals surface area (Å²) in [5.41, 5.74) is 0.482. The van der Waals surface area contributed by atoms with Gasteiger partial charge in [0.2, 0.25) is 5.91 Å². The summed E-state index contributed by atoms with van der Waals surface area (Å²) in [6.45, 7) is 1.04. The van der Waals surface area contributed by atoms with Crippen molar-refractivity contribution in [3.63, 3.8) is 0 Å². The molecule has 1 aromatic carbocycles. The van der Waals surface area contributed by atoms with Crippen molar-refractivity contribution in [2.75, 3.05) is 18.4 Å². The van der Waals surface area contributed by atoms with Crippen LogP contribution in [0.3, 0.4) is 0 Å². The van der Waals surface area contributed by atoms with Crippen molar-refractivity contribution in [3.8, 4) is 0 Å². The summed E-state index contributed by atoms with van der Waals surface area (Å²) < 4.78 is 0. The van der Waals surface area contributed by atoms with E-state index in [-0.39, 0.29) is 18.7 Å². The number of nitrogens with one attached hydrogen (secondary N) is 2. The molecular formula is C13H16Cl2N2O3. The minimum Gasteiger partial charge on any atom is -0.481 e. The number of carbonyl (C=O) groups excluding carboxylic acids is 1. The first-order chi connectivity index (χ1) is 9.49. The highest BCUT2D eigenvalue weighted by molar-refractivity contribution is 6.35. The quantitative estimate of drug-likeness (QED) is 0.644. The van der Waals surface area contributed by atoms with Gasteiger partial charge in [0.05, 0.1) is 10.7 Å². The molecule has 7 heteroatoms. The summed E-state index contributed by atoms with van der Waals surface area (Å²) in [6, 6.07) is 4.84. The van der Waals surface area contributed by atoms with Crippen molar-refractivity contribution < 1.29 is 14.7 Å². The van der Waals surface area contributed by atoms with E-state index >= 15 is 0 Å². The number of carboxylic acid groups (broad SMARTS) is 1. The molecule has 0 heterocycles. The maximum absolute atomic E-state index is 11.7. The number of halogens is 2. The molecule has 1 rings (SSSR count). The molecule has 0 bridgehead atoms. The predicted molar refractivity (Wildman–Crippen MR) is 79.4 cm³/mol. The number of carboxylic acids is 1. The van der Waals surface area contributed by atoms with Gasteiger partial charge in [-0.15, -0.1) is 0 Å². The van der Waals surface area contributed by atoms with Gasteiger partial charge in [0, 0.05) is 24.4 Å². The largest absolute Gasteiger partial charge is 0.481 e. The lowest BCUT2D eigenvalue weighted by Gasteiger charge is -2.08. The van der Waals surface area contributed by atoms with Crippen molar-refractivity contribution in [2.45, 2.75) is 19.3 Å². The van der Waals surface area contributed by atoms with Crippen molar-refractivity contribution in [1.29, 1.82) is 0 Å². The fourth-order valence-electron chi connectivity index (χ4n) is 1.50. The molecular weight excluding hydrogens is 303 g/mol. The van der Waals surface area contributed by atoms with Crippen LogP contribution < -0.4 is 10.6 Å². The molecule has 0 aromatic heterocycles. The SMILES string of the molecule is O=C(O)CCCNCCC(=O)Nc1cc(Cl)ccc1Cl. The van der Waals surface area contributed by atoms with Crippen LogP contribution in [0.5, 0.6) is 0 Å². The van der Waals surface area contributed by atoms with Crippen LogP contribution in [0, 0.1) is 0 Å². The minimum absolute atomic E-state index is 0.122. The summed E-state index contributed by atoms with van der Waals surface area (Å²) in [4.78, 5) is 22.0. The molecule has 5 nitrogen and oxygen atoms in total. The third-order valence-corrected chi connectivity index (χ3v) is 3.04. The first kappa shape index (κ1) is 16.8. The van der Waals surface area contributed by atoms with E-state index in [4.69, 9.17) is 28.3 Å². The predicted octanol–water partition coefficient (Wildman–Crippen LogP) is 2.78. The molecule has 0 fully saturated rings. The van der Waals surface area contributed by atoms with Crippen molar-refractivity contribution in [3.05, 3.63) is 28.2 Å². The Labute approximate surface area is 127 Å². The molecule has 0 aliphatic rings. The Hall–Kier alpha value is -1.30. The number of hydrogen-bond acceptors (Lipinski definition) is 3. The molecule has 0 aliphatic carbocycles. The molecule has 0 spiro atoms. The molecule has 0 atom stereocenters. The van der Waals surface area contributed by atoms with Gasteiger partial charge in [-0.2, -0.15) is 0 Å². The average Bonchev–Trinajstić information content (AvgIpc) is 2.37. The Balaban J connectivity index is 2.23. The molecule has 0 aliphatic heterocycles. The van der Waals surface area contributed by atoms with Crippen molar-refractivity contribution in [2.24, 2.45) is 0 Å². The van der Waals surface area contributed by atoms with E-state index in [1.165, 1.54) is 0 Å². The van der Waals surface area contributed by atoms with Gasteiger partial charge in [-0.25, -0.2) is 0 Å². The molecule has 0 radical (unpaired) electrons. The van der Waals surface area contributed by atoms with Crippen LogP contribution in [-0.2, 0) is 9.59 Å². The third-order valence-electron chi connectivity index (χ3n) is 2.48. The molecule has 1 amide bonds. The van der Waals surface area contributed by atoms with Crippen LogP contribution in [-0.4, -0.2) is 30.1 Å². The zero-order valence-electron chi connectivity index (χ0n) is 10.8. The molecule has 0 saturated heterocycles. The molecule has 0 saturated carbocycles. The van der Waals surface area contributed by atoms with E-state index in [2.05, 4.69) is 10.6 Å². The van der Waals surface area contributed by atoms with E-state index in [9.17, 15) is 9.59 Å². The lowest BCUT2D eigenvalue weighted by Crippen LogP contribution is -2.23. The summed E-state index contributed by atoms with van der Waals surface area (Å²) in [6.07, 6.45) is 0.935. The number of aliphatic carboxylic acids is 1. The lowest BCUT2D eigenvalue weighted by molar-refractivity contribution is -0.137. The smallest absolute Gasteiger partial charge is 0.303 e. The second-order valence-corrected chi connectivity index (χ2v) is 5.01. The summed E-state index contributed by atoms with van der Waals surface area (Å²) >= 11 is 11.7. The van der Waals surface area contributed by atoms with Gasteiger partial charge in [-0.05, 0) is 31.2 Å². The summed E-state index contributed by atoms with van der Waals surface area (Å²) in [5.74, 6) is -1.000. The van der Waals surface area contributed by atoms with E-state index < -0.39 is 5.97 Å². The Morgan fingerprint density at radius 3 is 2.60 bits per heavy atom. The molecule has 20 heavy (non-hydrogen) atoms. The lowest BCUT2D eigenvalue weighted by atomic mass is 10.3. The van der Waals surface area contributed by atoms with Crippen LogP contribution in [0.1, 0.15) is 19.3 Å². The molecule has 1 aromatic rings. The zero-order valence-corrected chi connectivity index (χ0v) is 12.3. The molecule has 3 N–H and O–H groups in total. The Bertz CT molecular complexity index is 481. The van der Waals surface area contributed by atoms with Crippen molar-refractivity contribution in [1.82, 2.24) is 5.32 Å². The Morgan fingerprint density at radius 1 is 1.15 bits per heavy atom. The fraction of sp³-hybridized carbons (Fsp3) is 0.385. The van der Waals surface area contributed by atoms with Gasteiger partial charge < -0.3 is 15.7 Å². The van der Waals surface area contributed by atoms with E-state index in [1.807, 2.05) is 0 Å². The highest BCUT2D eigenvalue weighted by Gasteiger charge is 2.06. The van der Waals surface area contributed by atoms with E-state index in [0.29, 0.717) is 35.2 Å². The van der Waals surface area contributed by atoms with Gasteiger partial charge in [-0.1, -0.05) is 23.2 Å². The van der Waals surface area contributed by atoms with Gasteiger partial charge >= 0.3 is 5.97 Å². The number of benzene rings is 1. The maximum Gasteiger partial charge on any atom is 0.303 e. The van der Waals surface area contributed by atoms with Crippen LogP contribution in [0.15, 0.2) is 18.2 Å². The monoisotopic (exact) mass is 318 g/mol. The summed E-state index contributed by atoms with van der Waals surface area (Å²) in [5, 5.41) is 15.1. The number of carbonyl (C=O) groups is 2. The highest BCUT2D eigenvalue weighted by Crippen LogP contribution is 2.25. The fourth-order valence-corrected chi connectivity index (χ4v) is 1.83. The zero-order chi connectivity index (χ0) is 15.0. The first-order valence-electron chi connectivity index (χ1n) is 6.16. The van der Waals surface area contributed by atoms with Gasteiger partial charge in [0.15, 0.2) is 0 Å². The average molecular weight is 319 g/mol. The van der Waals surface area contributed by atoms with Crippen LogP contribution in [0.4, 0.5) is 5.69 Å². The normalized spacial score (nSPS) is 10.3. The van der Waals surface area contributed by atoms with Crippen molar-refractivity contribution >= 4 is 40.8 Å². The third kappa shape index (κ3) is 6.75. The Morgan fingerprint density at radius 2 is 1.90 bits per heavy atom. The van der Waals surface area contributed by atoms with Crippen LogP contribution in [0.2, 0.25) is 10.0 Å². The number of hydrogen-bond donors (Lipinski definition) is 3. The van der Waals surface area contributed by atoms with E-state index in [0.717, 1.165) is 0 Å². The second-order valence-electron chi connectivity index (χ2n) is 4.17. The standard InChI is InChI=1S/C13H16Cl2N2O3/c14-9-3-4-10(15)11(8-9)17-12(18)5-7-16-6-1-2-13(19)20/h3-4,8,16H,1-2,5-7H2,(H,17,18)(H,19,20). The van der Waals surface area contributed by atoms with Crippen LogP contribution >= 0.6 is 23.2 Å². The van der Waals surface area contributed by atoms with Gasteiger partial charge in [0.1, 0.15) is 0 Å². The molecule has 0 unspecified atom stereocenters. The van der Waals surface area contributed by atoms with E-state index in [1.54, 1.807) is 18.2 Å². The first-order valence-corrected chi connectivity index (χ1v) is 6.92. The highest BCUT2D eigenvalue weighted by atomic mass is 35.5. The second kappa shape index (κ2) is 8.79. The topological polar surface area (TPSA) is 78.4 Å². The number of anilines is 1.